The lowest BCUT2D eigenvalue weighted by Gasteiger charge is -2.13. The quantitative estimate of drug-likeness (QED) is 0.834. The van der Waals surface area contributed by atoms with E-state index >= 15 is 0 Å². The van der Waals surface area contributed by atoms with E-state index in [0.29, 0.717) is 6.42 Å². The molecule has 5 nitrogen and oxygen atoms in total. The van der Waals surface area contributed by atoms with Crippen LogP contribution < -0.4 is 9.83 Å². The van der Waals surface area contributed by atoms with Crippen LogP contribution in [0, 0.1) is 5.82 Å². The van der Waals surface area contributed by atoms with Gasteiger partial charge in [-0.25, -0.2) is 17.5 Å². The van der Waals surface area contributed by atoms with Gasteiger partial charge in [-0.3, -0.25) is 0 Å². The summed E-state index contributed by atoms with van der Waals surface area (Å²) in [5, 5.41) is 10.6. The van der Waals surface area contributed by atoms with Gasteiger partial charge in [-0.2, -0.15) is 0 Å². The average Bonchev–Trinajstić information content (AvgIpc) is 2.28. The third-order valence-corrected chi connectivity index (χ3v) is 4.03. The molecule has 0 aromatic heterocycles. The number of rotatable bonds is 5. The van der Waals surface area contributed by atoms with Crippen molar-refractivity contribution in [1.82, 2.24) is 4.72 Å². The fourth-order valence-corrected chi connectivity index (χ4v) is 2.68. The minimum absolute atomic E-state index is 0.374. The van der Waals surface area contributed by atoms with Crippen LogP contribution in [0.5, 0.6) is 0 Å². The van der Waals surface area contributed by atoms with Crippen molar-refractivity contribution in [3.63, 3.8) is 0 Å². The standard InChI is InChI=1S/C11H14FNO4S/c1-3-7(2)13-18(16,17)10-6-8(11(14)15)4-5-9(10)12/h4-7,13H,3H2,1-2H3,(H,14,15)/p-1/t7-/m0/s1. The zero-order chi connectivity index (χ0) is 13.9. The zero-order valence-corrected chi connectivity index (χ0v) is 10.8. The van der Waals surface area contributed by atoms with Crippen molar-refractivity contribution in [1.29, 1.82) is 0 Å². The molecule has 0 heterocycles. The largest absolute Gasteiger partial charge is 0.545 e. The molecule has 0 amide bonds. The SMILES string of the molecule is CC[C@H](C)NS(=O)(=O)c1cc(C(=O)[O-])ccc1F. The lowest BCUT2D eigenvalue weighted by atomic mass is 10.2. The molecule has 0 spiro atoms. The van der Waals surface area contributed by atoms with Gasteiger partial charge in [-0.1, -0.05) is 13.0 Å². The van der Waals surface area contributed by atoms with Crippen LogP contribution in [-0.2, 0) is 10.0 Å². The zero-order valence-electron chi connectivity index (χ0n) is 9.94. The maximum absolute atomic E-state index is 13.5. The van der Waals surface area contributed by atoms with Gasteiger partial charge >= 0.3 is 0 Å². The van der Waals surface area contributed by atoms with E-state index in [1.165, 1.54) is 0 Å². The first kappa shape index (κ1) is 14.6. The number of carboxylic acids is 1. The summed E-state index contributed by atoms with van der Waals surface area (Å²) in [5.74, 6) is -2.56. The first-order valence-corrected chi connectivity index (χ1v) is 6.79. The molecule has 0 fully saturated rings. The molecule has 0 saturated carbocycles. The molecule has 0 aliphatic heterocycles. The summed E-state index contributed by atoms with van der Waals surface area (Å²) >= 11 is 0. The van der Waals surface area contributed by atoms with E-state index in [-0.39, 0.29) is 11.6 Å². The van der Waals surface area contributed by atoms with Crippen LogP contribution in [0.15, 0.2) is 23.1 Å². The lowest BCUT2D eigenvalue weighted by molar-refractivity contribution is -0.255. The number of nitrogens with one attached hydrogen (secondary N) is 1. The van der Waals surface area contributed by atoms with Crippen LogP contribution in [0.25, 0.3) is 0 Å². The highest BCUT2D eigenvalue weighted by atomic mass is 32.2. The van der Waals surface area contributed by atoms with Crippen molar-refractivity contribution >= 4 is 16.0 Å². The van der Waals surface area contributed by atoms with Crippen molar-refractivity contribution in [3.05, 3.63) is 29.6 Å². The smallest absolute Gasteiger partial charge is 0.243 e. The maximum atomic E-state index is 13.5. The van der Waals surface area contributed by atoms with Crippen LogP contribution in [0.3, 0.4) is 0 Å². The molecule has 100 valence electrons. The summed E-state index contributed by atoms with van der Waals surface area (Å²) in [7, 11) is -4.07. The topological polar surface area (TPSA) is 86.3 Å². The number of halogens is 1. The fourth-order valence-electron chi connectivity index (χ4n) is 1.25. The Morgan fingerprint density at radius 3 is 2.61 bits per heavy atom. The molecule has 0 bridgehead atoms. The molecule has 1 atom stereocenters. The Labute approximate surface area is 105 Å². The van der Waals surface area contributed by atoms with Gasteiger partial charge in [0.1, 0.15) is 10.7 Å². The van der Waals surface area contributed by atoms with E-state index in [9.17, 15) is 22.7 Å². The number of benzene rings is 1. The van der Waals surface area contributed by atoms with Crippen molar-refractivity contribution in [2.24, 2.45) is 0 Å². The molecule has 0 saturated heterocycles. The van der Waals surface area contributed by atoms with Crippen LogP contribution >= 0.6 is 0 Å². The summed E-state index contributed by atoms with van der Waals surface area (Å²) in [6.45, 7) is 3.39. The Morgan fingerprint density at radius 2 is 2.11 bits per heavy atom. The van der Waals surface area contributed by atoms with Crippen molar-refractivity contribution < 1.29 is 22.7 Å². The summed E-state index contributed by atoms with van der Waals surface area (Å²) in [5.41, 5.74) is -0.388. The minimum Gasteiger partial charge on any atom is -0.545 e. The number of carbonyl (C=O) groups excluding carboxylic acids is 1. The number of aromatic carboxylic acids is 1. The number of hydrogen-bond acceptors (Lipinski definition) is 4. The Hall–Kier alpha value is -1.47. The van der Waals surface area contributed by atoms with Gasteiger partial charge in [-0.15, -0.1) is 0 Å². The molecule has 0 radical (unpaired) electrons. The van der Waals surface area contributed by atoms with E-state index in [2.05, 4.69) is 4.72 Å². The van der Waals surface area contributed by atoms with Crippen LogP contribution in [0.4, 0.5) is 4.39 Å². The summed E-state index contributed by atoms with van der Waals surface area (Å²) in [4.78, 5) is 9.93. The third kappa shape index (κ3) is 3.27. The number of carbonyl (C=O) groups is 1. The molecule has 7 heteroatoms. The van der Waals surface area contributed by atoms with E-state index in [4.69, 9.17) is 0 Å². The molecule has 0 unspecified atom stereocenters. The minimum atomic E-state index is -4.07. The molecule has 0 aliphatic carbocycles. The van der Waals surface area contributed by atoms with Gasteiger partial charge in [0.2, 0.25) is 10.0 Å². The van der Waals surface area contributed by atoms with Crippen LogP contribution in [0.1, 0.15) is 30.6 Å². The molecular weight excluding hydrogens is 261 g/mol. The van der Waals surface area contributed by atoms with Crippen molar-refractivity contribution in [2.75, 3.05) is 0 Å². The molecule has 1 rings (SSSR count). The van der Waals surface area contributed by atoms with Gasteiger partial charge in [0.25, 0.3) is 0 Å². The Kier molecular flexibility index (Phi) is 4.42. The number of hydrogen-bond donors (Lipinski definition) is 1. The van der Waals surface area contributed by atoms with Gasteiger partial charge in [0.15, 0.2) is 0 Å². The van der Waals surface area contributed by atoms with E-state index in [1.54, 1.807) is 13.8 Å². The van der Waals surface area contributed by atoms with E-state index < -0.39 is 26.7 Å². The summed E-state index contributed by atoms with van der Waals surface area (Å²) < 4.78 is 39.4. The van der Waals surface area contributed by atoms with Crippen molar-refractivity contribution in [3.8, 4) is 0 Å². The lowest BCUT2D eigenvalue weighted by Crippen LogP contribution is -2.33. The highest BCUT2D eigenvalue weighted by molar-refractivity contribution is 7.89. The summed E-state index contributed by atoms with van der Waals surface area (Å²) in [6, 6.07) is 2.11. The second-order valence-electron chi connectivity index (χ2n) is 3.86. The normalized spacial score (nSPS) is 13.3. The van der Waals surface area contributed by atoms with Crippen LogP contribution in [0.2, 0.25) is 0 Å². The Morgan fingerprint density at radius 1 is 1.50 bits per heavy atom. The summed E-state index contributed by atoms with van der Waals surface area (Å²) in [6.07, 6.45) is 0.529. The van der Waals surface area contributed by atoms with Gasteiger partial charge in [0.05, 0.1) is 5.97 Å². The average molecular weight is 274 g/mol. The second kappa shape index (κ2) is 5.45. The second-order valence-corrected chi connectivity index (χ2v) is 5.55. The van der Waals surface area contributed by atoms with Gasteiger partial charge < -0.3 is 9.90 Å². The first-order chi connectivity index (χ1) is 8.27. The predicted octanol–water partition coefficient (Wildman–Crippen LogP) is 0.266. The molecule has 1 aromatic carbocycles. The fraction of sp³-hybridized carbons (Fsp3) is 0.364. The highest BCUT2D eigenvalue weighted by Gasteiger charge is 2.21. The number of sulfonamides is 1. The van der Waals surface area contributed by atoms with E-state index in [1.807, 2.05) is 0 Å². The molecule has 0 aliphatic rings. The van der Waals surface area contributed by atoms with Crippen molar-refractivity contribution in [2.45, 2.75) is 31.2 Å². The maximum Gasteiger partial charge on any atom is 0.243 e. The molecule has 1 aromatic rings. The molecular formula is C11H13FNO4S-. The third-order valence-electron chi connectivity index (χ3n) is 2.43. The Balaban J connectivity index is 3.23. The highest BCUT2D eigenvalue weighted by Crippen LogP contribution is 2.16. The number of carboxylic acid groups (broad SMARTS) is 1. The first-order valence-electron chi connectivity index (χ1n) is 5.31. The molecule has 1 N–H and O–H groups in total. The van der Waals surface area contributed by atoms with Gasteiger partial charge in [-0.05, 0) is 31.0 Å². The predicted molar refractivity (Wildman–Crippen MR) is 60.8 cm³/mol. The Bertz CT molecular complexity index is 556. The van der Waals surface area contributed by atoms with Crippen LogP contribution in [-0.4, -0.2) is 20.4 Å². The van der Waals surface area contributed by atoms with E-state index in [0.717, 1.165) is 18.2 Å². The molecule has 18 heavy (non-hydrogen) atoms. The van der Waals surface area contributed by atoms with Gasteiger partial charge in [0, 0.05) is 6.04 Å². The monoisotopic (exact) mass is 274 g/mol.